The van der Waals surface area contributed by atoms with Crippen molar-refractivity contribution in [2.75, 3.05) is 0 Å². The van der Waals surface area contributed by atoms with Crippen LogP contribution in [-0.4, -0.2) is 10.1 Å². The van der Waals surface area contributed by atoms with Crippen LogP contribution in [0.5, 0.6) is 5.88 Å². The first-order valence-electron chi connectivity index (χ1n) is 4.95. The molecule has 0 saturated heterocycles. The number of nitrogens with zero attached hydrogens (tertiary/aromatic N) is 1. The third kappa shape index (κ3) is 3.05. The van der Waals surface area contributed by atoms with Gasteiger partial charge >= 0.3 is 0 Å². The number of rotatable bonds is 4. The van der Waals surface area contributed by atoms with E-state index in [0.717, 1.165) is 25.0 Å². The molecule has 1 aromatic heterocycles. The number of pyridine rings is 1. The molecular weight excluding hydrogens is 162 g/mol. The third-order valence-corrected chi connectivity index (χ3v) is 2.12. The molecule has 1 heterocycles. The van der Waals surface area contributed by atoms with E-state index in [1.165, 1.54) is 12.0 Å². The summed E-state index contributed by atoms with van der Waals surface area (Å²) in [5, 5.41) is 9.31. The zero-order chi connectivity index (χ0) is 9.68. The molecule has 0 radical (unpaired) electrons. The highest BCUT2D eigenvalue weighted by molar-refractivity contribution is 5.24. The van der Waals surface area contributed by atoms with Crippen LogP contribution in [0.3, 0.4) is 0 Å². The van der Waals surface area contributed by atoms with Crippen LogP contribution in [0, 0.1) is 0 Å². The molecule has 0 aliphatic carbocycles. The maximum Gasteiger partial charge on any atom is 0.211 e. The van der Waals surface area contributed by atoms with E-state index in [2.05, 4.69) is 24.9 Å². The summed E-state index contributed by atoms with van der Waals surface area (Å²) in [4.78, 5) is 4.07. The van der Waals surface area contributed by atoms with Gasteiger partial charge in [-0.3, -0.25) is 0 Å². The Hall–Kier alpha value is -1.05. The van der Waals surface area contributed by atoms with Crippen LogP contribution < -0.4 is 0 Å². The Kier molecular flexibility index (Phi) is 3.74. The van der Waals surface area contributed by atoms with Crippen molar-refractivity contribution in [1.82, 2.24) is 4.98 Å². The van der Waals surface area contributed by atoms with E-state index in [0.29, 0.717) is 0 Å². The van der Waals surface area contributed by atoms with Gasteiger partial charge in [-0.25, -0.2) is 4.98 Å². The lowest BCUT2D eigenvalue weighted by molar-refractivity contribution is 0.450. The number of hydrogen-bond donors (Lipinski definition) is 1. The van der Waals surface area contributed by atoms with Gasteiger partial charge in [0.1, 0.15) is 0 Å². The number of unbranched alkanes of at least 4 members (excludes halogenated alkanes) is 1. The van der Waals surface area contributed by atoms with Crippen molar-refractivity contribution in [3.8, 4) is 5.88 Å². The van der Waals surface area contributed by atoms with E-state index in [-0.39, 0.29) is 5.88 Å². The van der Waals surface area contributed by atoms with Gasteiger partial charge < -0.3 is 5.11 Å². The van der Waals surface area contributed by atoms with Crippen molar-refractivity contribution in [2.45, 2.75) is 39.5 Å². The highest BCUT2D eigenvalue weighted by atomic mass is 16.3. The van der Waals surface area contributed by atoms with Crippen molar-refractivity contribution in [1.29, 1.82) is 0 Å². The topological polar surface area (TPSA) is 33.1 Å². The zero-order valence-corrected chi connectivity index (χ0v) is 8.38. The minimum absolute atomic E-state index is 0.158. The quantitative estimate of drug-likeness (QED) is 0.770. The summed E-state index contributed by atoms with van der Waals surface area (Å²) in [6.07, 6.45) is 4.23. The molecule has 0 aliphatic rings. The molecule has 1 N–H and O–H groups in total. The van der Waals surface area contributed by atoms with Crippen LogP contribution >= 0.6 is 0 Å². The SMILES string of the molecule is CCCCc1cc(CC)cc(O)n1. The summed E-state index contributed by atoms with van der Waals surface area (Å²) < 4.78 is 0. The zero-order valence-electron chi connectivity index (χ0n) is 8.38. The molecule has 13 heavy (non-hydrogen) atoms. The molecule has 0 bridgehead atoms. The Labute approximate surface area is 79.6 Å². The maximum atomic E-state index is 9.31. The Bertz CT molecular complexity index is 271. The molecule has 0 aliphatic heterocycles. The van der Waals surface area contributed by atoms with Gasteiger partial charge in [-0.1, -0.05) is 20.3 Å². The van der Waals surface area contributed by atoms with Gasteiger partial charge in [0.2, 0.25) is 5.88 Å². The summed E-state index contributed by atoms with van der Waals surface area (Å²) in [6.45, 7) is 4.24. The molecule has 1 aromatic rings. The Morgan fingerprint density at radius 3 is 2.69 bits per heavy atom. The van der Waals surface area contributed by atoms with Crippen LogP contribution in [0.1, 0.15) is 37.9 Å². The van der Waals surface area contributed by atoms with Crippen molar-refractivity contribution in [3.63, 3.8) is 0 Å². The molecule has 72 valence electrons. The van der Waals surface area contributed by atoms with Crippen LogP contribution in [0.2, 0.25) is 0 Å². The molecular formula is C11H17NO. The van der Waals surface area contributed by atoms with Gasteiger partial charge in [-0.05, 0) is 30.9 Å². The normalized spacial score (nSPS) is 10.3. The lowest BCUT2D eigenvalue weighted by atomic mass is 10.1. The number of aromatic nitrogens is 1. The van der Waals surface area contributed by atoms with Crippen molar-refractivity contribution < 1.29 is 5.11 Å². The van der Waals surface area contributed by atoms with Crippen LogP contribution in [0.4, 0.5) is 0 Å². The molecule has 2 nitrogen and oxygen atoms in total. The first kappa shape index (κ1) is 10.0. The fraction of sp³-hybridized carbons (Fsp3) is 0.545. The lowest BCUT2D eigenvalue weighted by Gasteiger charge is -2.03. The molecule has 0 unspecified atom stereocenters. The lowest BCUT2D eigenvalue weighted by Crippen LogP contribution is -1.92. The predicted octanol–water partition coefficient (Wildman–Crippen LogP) is 2.69. The smallest absolute Gasteiger partial charge is 0.211 e. The largest absolute Gasteiger partial charge is 0.493 e. The Balaban J connectivity index is 2.76. The Morgan fingerprint density at radius 2 is 2.08 bits per heavy atom. The van der Waals surface area contributed by atoms with Gasteiger partial charge in [0.15, 0.2) is 0 Å². The van der Waals surface area contributed by atoms with E-state index in [9.17, 15) is 5.11 Å². The Morgan fingerprint density at radius 1 is 1.31 bits per heavy atom. The fourth-order valence-electron chi connectivity index (χ4n) is 1.32. The van der Waals surface area contributed by atoms with E-state index < -0.39 is 0 Å². The minimum atomic E-state index is 0.158. The minimum Gasteiger partial charge on any atom is -0.493 e. The highest BCUT2D eigenvalue weighted by Gasteiger charge is 1.99. The number of aromatic hydroxyl groups is 1. The van der Waals surface area contributed by atoms with Gasteiger partial charge in [0.05, 0.1) is 0 Å². The van der Waals surface area contributed by atoms with Crippen molar-refractivity contribution >= 4 is 0 Å². The average molecular weight is 179 g/mol. The van der Waals surface area contributed by atoms with Crippen molar-refractivity contribution in [3.05, 3.63) is 23.4 Å². The molecule has 0 atom stereocenters. The van der Waals surface area contributed by atoms with Gasteiger partial charge in [-0.15, -0.1) is 0 Å². The summed E-state index contributed by atoms with van der Waals surface area (Å²) >= 11 is 0. The molecule has 0 fully saturated rings. The van der Waals surface area contributed by atoms with E-state index in [1.807, 2.05) is 0 Å². The predicted molar refractivity (Wildman–Crippen MR) is 53.9 cm³/mol. The first-order chi connectivity index (χ1) is 6.26. The molecule has 1 rings (SSSR count). The van der Waals surface area contributed by atoms with Gasteiger partial charge in [-0.2, -0.15) is 0 Å². The summed E-state index contributed by atoms with van der Waals surface area (Å²) in [5.41, 5.74) is 2.18. The molecule has 2 heteroatoms. The van der Waals surface area contributed by atoms with E-state index >= 15 is 0 Å². The highest BCUT2D eigenvalue weighted by Crippen LogP contribution is 2.13. The maximum absolute atomic E-state index is 9.31. The summed E-state index contributed by atoms with van der Waals surface area (Å²) in [5.74, 6) is 0.158. The molecule has 0 saturated carbocycles. The second-order valence-corrected chi connectivity index (χ2v) is 3.28. The third-order valence-electron chi connectivity index (χ3n) is 2.12. The number of hydrogen-bond acceptors (Lipinski definition) is 2. The first-order valence-corrected chi connectivity index (χ1v) is 4.95. The standard InChI is InChI=1S/C11H17NO/c1-3-5-6-10-7-9(4-2)8-11(13)12-10/h7-8H,3-6H2,1-2H3,(H,12,13). The second-order valence-electron chi connectivity index (χ2n) is 3.28. The van der Waals surface area contributed by atoms with Crippen molar-refractivity contribution in [2.24, 2.45) is 0 Å². The summed E-state index contributed by atoms with van der Waals surface area (Å²) in [7, 11) is 0. The monoisotopic (exact) mass is 179 g/mol. The average Bonchev–Trinajstić information content (AvgIpc) is 2.14. The van der Waals surface area contributed by atoms with E-state index in [4.69, 9.17) is 0 Å². The molecule has 0 aromatic carbocycles. The second kappa shape index (κ2) is 4.85. The summed E-state index contributed by atoms with van der Waals surface area (Å²) in [6, 6.07) is 3.81. The van der Waals surface area contributed by atoms with Gasteiger partial charge in [0, 0.05) is 11.8 Å². The van der Waals surface area contributed by atoms with Crippen LogP contribution in [0.15, 0.2) is 12.1 Å². The number of aryl methyl sites for hydroxylation is 2. The molecule has 0 amide bonds. The van der Waals surface area contributed by atoms with Crippen LogP contribution in [0.25, 0.3) is 0 Å². The van der Waals surface area contributed by atoms with Gasteiger partial charge in [0.25, 0.3) is 0 Å². The van der Waals surface area contributed by atoms with Crippen LogP contribution in [-0.2, 0) is 12.8 Å². The van der Waals surface area contributed by atoms with E-state index in [1.54, 1.807) is 6.07 Å². The fourth-order valence-corrected chi connectivity index (χ4v) is 1.32. The molecule has 0 spiro atoms.